The summed E-state index contributed by atoms with van der Waals surface area (Å²) in [5, 5.41) is 13.3. The molecule has 2 aromatic rings. The predicted octanol–water partition coefficient (Wildman–Crippen LogP) is 4.51. The van der Waals surface area contributed by atoms with E-state index in [2.05, 4.69) is 42.5 Å². The molecule has 0 spiro atoms. The van der Waals surface area contributed by atoms with Crippen LogP contribution in [-0.2, 0) is 4.74 Å². The van der Waals surface area contributed by atoms with Gasteiger partial charge in [-0.05, 0) is 47.9 Å². The van der Waals surface area contributed by atoms with Gasteiger partial charge in [-0.2, -0.15) is 0 Å². The number of fused-ring (bicyclic) bond motifs is 1. The van der Waals surface area contributed by atoms with Gasteiger partial charge in [0.05, 0.1) is 12.2 Å². The number of hydrogen-bond acceptors (Lipinski definition) is 2. The van der Waals surface area contributed by atoms with Crippen molar-refractivity contribution in [3.05, 3.63) is 48.0 Å². The summed E-state index contributed by atoms with van der Waals surface area (Å²) in [4.78, 5) is 0. The fourth-order valence-corrected chi connectivity index (χ4v) is 4.02. The molecule has 2 aromatic carbocycles. The molecular formula is C20H26O2. The molecule has 4 atom stereocenters. The van der Waals surface area contributed by atoms with Crippen LogP contribution in [0.3, 0.4) is 0 Å². The van der Waals surface area contributed by atoms with Crippen molar-refractivity contribution in [2.24, 2.45) is 5.92 Å². The van der Waals surface area contributed by atoms with Crippen molar-refractivity contribution in [2.75, 3.05) is 7.11 Å². The lowest BCUT2D eigenvalue weighted by molar-refractivity contribution is -0.0453. The van der Waals surface area contributed by atoms with E-state index in [1.165, 1.54) is 29.2 Å². The Morgan fingerprint density at radius 2 is 1.77 bits per heavy atom. The molecule has 3 rings (SSSR count). The maximum atomic E-state index is 10.7. The van der Waals surface area contributed by atoms with E-state index in [1.54, 1.807) is 7.11 Å². The van der Waals surface area contributed by atoms with E-state index in [9.17, 15) is 5.11 Å². The summed E-state index contributed by atoms with van der Waals surface area (Å²) >= 11 is 0. The van der Waals surface area contributed by atoms with Crippen molar-refractivity contribution in [1.29, 1.82) is 0 Å². The fourth-order valence-electron chi connectivity index (χ4n) is 4.02. The number of methoxy groups -OCH3 is 1. The Morgan fingerprint density at radius 3 is 2.59 bits per heavy atom. The quantitative estimate of drug-likeness (QED) is 0.900. The van der Waals surface area contributed by atoms with E-state index in [-0.39, 0.29) is 12.0 Å². The van der Waals surface area contributed by atoms with Gasteiger partial charge in [-0.25, -0.2) is 0 Å². The lowest BCUT2D eigenvalue weighted by Gasteiger charge is -2.37. The average Bonchev–Trinajstić information content (AvgIpc) is 2.60. The topological polar surface area (TPSA) is 29.5 Å². The van der Waals surface area contributed by atoms with Crippen molar-refractivity contribution in [3.63, 3.8) is 0 Å². The predicted molar refractivity (Wildman–Crippen MR) is 91.1 cm³/mol. The van der Waals surface area contributed by atoms with Gasteiger partial charge in [0.1, 0.15) is 0 Å². The minimum absolute atomic E-state index is 0.111. The lowest BCUT2D eigenvalue weighted by Crippen LogP contribution is -2.37. The van der Waals surface area contributed by atoms with Crippen molar-refractivity contribution in [1.82, 2.24) is 0 Å². The first-order valence-electron chi connectivity index (χ1n) is 8.41. The molecular weight excluding hydrogens is 272 g/mol. The van der Waals surface area contributed by atoms with E-state index in [0.717, 1.165) is 12.8 Å². The molecule has 2 nitrogen and oxygen atoms in total. The van der Waals surface area contributed by atoms with Crippen molar-refractivity contribution < 1.29 is 9.84 Å². The fraction of sp³-hybridized carbons (Fsp3) is 0.500. The Hall–Kier alpha value is -1.38. The molecule has 1 saturated carbocycles. The molecule has 0 heterocycles. The summed E-state index contributed by atoms with van der Waals surface area (Å²) in [5.74, 6) is 0.710. The van der Waals surface area contributed by atoms with Gasteiger partial charge >= 0.3 is 0 Å². The van der Waals surface area contributed by atoms with Crippen LogP contribution in [-0.4, -0.2) is 24.4 Å². The largest absolute Gasteiger partial charge is 0.390 e. The van der Waals surface area contributed by atoms with Crippen molar-refractivity contribution in [3.8, 4) is 0 Å². The highest BCUT2D eigenvalue weighted by Gasteiger charge is 2.35. The Bertz CT molecular complexity index is 617. The summed E-state index contributed by atoms with van der Waals surface area (Å²) in [6.45, 7) is 1.97. The van der Waals surface area contributed by atoms with E-state index >= 15 is 0 Å². The summed E-state index contributed by atoms with van der Waals surface area (Å²) in [6, 6.07) is 15.1. The molecule has 0 bridgehead atoms. The highest BCUT2D eigenvalue weighted by molar-refractivity contribution is 5.86. The second-order valence-electron chi connectivity index (χ2n) is 6.55. The van der Waals surface area contributed by atoms with Gasteiger partial charge in [-0.3, -0.25) is 0 Å². The standard InChI is InChI=1S/C20H26O2/c1-14(22-2)20(21)19-12-6-5-11-18(19)17-13-7-9-15-8-3-4-10-16(15)17/h3-4,7-10,13-14,18-21H,5-6,11-12H2,1-2H3. The lowest BCUT2D eigenvalue weighted by atomic mass is 9.71. The molecule has 0 saturated heterocycles. The highest BCUT2D eigenvalue weighted by Crippen LogP contribution is 2.42. The first kappa shape index (κ1) is 15.5. The van der Waals surface area contributed by atoms with Gasteiger partial charge in [0.15, 0.2) is 0 Å². The third-order valence-electron chi connectivity index (χ3n) is 5.33. The Morgan fingerprint density at radius 1 is 1.05 bits per heavy atom. The number of benzene rings is 2. The molecule has 1 N–H and O–H groups in total. The number of aliphatic hydroxyl groups is 1. The summed E-state index contributed by atoms with van der Waals surface area (Å²) in [7, 11) is 1.68. The number of hydrogen-bond donors (Lipinski definition) is 1. The van der Waals surface area contributed by atoms with Crippen LogP contribution in [0.15, 0.2) is 42.5 Å². The van der Waals surface area contributed by atoms with Crippen molar-refractivity contribution >= 4 is 10.8 Å². The normalized spacial score (nSPS) is 25.0. The summed E-state index contributed by atoms with van der Waals surface area (Å²) in [5.41, 5.74) is 1.39. The molecule has 0 aromatic heterocycles. The van der Waals surface area contributed by atoms with E-state index < -0.39 is 6.10 Å². The molecule has 0 radical (unpaired) electrons. The molecule has 4 unspecified atom stereocenters. The molecule has 118 valence electrons. The molecule has 1 fully saturated rings. The molecule has 2 heteroatoms. The smallest absolute Gasteiger partial charge is 0.0832 e. The first-order chi connectivity index (χ1) is 10.7. The zero-order valence-corrected chi connectivity index (χ0v) is 13.5. The average molecular weight is 298 g/mol. The molecule has 22 heavy (non-hydrogen) atoms. The van der Waals surface area contributed by atoms with Crippen molar-refractivity contribution in [2.45, 2.75) is 50.7 Å². The Balaban J connectivity index is 1.99. The maximum absolute atomic E-state index is 10.7. The maximum Gasteiger partial charge on any atom is 0.0832 e. The molecule has 0 amide bonds. The second-order valence-corrected chi connectivity index (χ2v) is 6.55. The third-order valence-corrected chi connectivity index (χ3v) is 5.33. The summed E-state index contributed by atoms with van der Waals surface area (Å²) in [6.07, 6.45) is 4.20. The zero-order chi connectivity index (χ0) is 15.5. The minimum atomic E-state index is -0.394. The van der Waals surface area contributed by atoms with Crippen LogP contribution in [0.5, 0.6) is 0 Å². The number of ether oxygens (including phenoxy) is 1. The molecule has 0 aliphatic heterocycles. The van der Waals surface area contributed by atoms with E-state index in [1.807, 2.05) is 6.92 Å². The second kappa shape index (κ2) is 6.80. The van der Waals surface area contributed by atoms with Gasteiger partial charge in [-0.15, -0.1) is 0 Å². The van der Waals surface area contributed by atoms with Crippen LogP contribution in [0.1, 0.15) is 44.1 Å². The van der Waals surface area contributed by atoms with Gasteiger partial charge in [0.2, 0.25) is 0 Å². The SMILES string of the molecule is COC(C)C(O)C1CCCCC1c1cccc2ccccc12. The first-order valence-corrected chi connectivity index (χ1v) is 8.41. The van der Waals surface area contributed by atoms with E-state index in [0.29, 0.717) is 5.92 Å². The van der Waals surface area contributed by atoms with Crippen LogP contribution >= 0.6 is 0 Å². The third kappa shape index (κ3) is 2.90. The number of rotatable bonds is 4. The highest BCUT2D eigenvalue weighted by atomic mass is 16.5. The van der Waals surface area contributed by atoms with Crippen LogP contribution in [0.4, 0.5) is 0 Å². The van der Waals surface area contributed by atoms with Gasteiger partial charge in [0.25, 0.3) is 0 Å². The van der Waals surface area contributed by atoms with Crippen LogP contribution in [0.2, 0.25) is 0 Å². The van der Waals surface area contributed by atoms with E-state index in [4.69, 9.17) is 4.74 Å². The molecule has 1 aliphatic rings. The van der Waals surface area contributed by atoms with Crippen LogP contribution < -0.4 is 0 Å². The zero-order valence-electron chi connectivity index (χ0n) is 13.5. The van der Waals surface area contributed by atoms with Gasteiger partial charge in [-0.1, -0.05) is 55.3 Å². The Kier molecular flexibility index (Phi) is 4.80. The molecule has 1 aliphatic carbocycles. The minimum Gasteiger partial charge on any atom is -0.390 e. The van der Waals surface area contributed by atoms with Gasteiger partial charge < -0.3 is 9.84 Å². The monoisotopic (exact) mass is 298 g/mol. The Labute approximate surface area is 133 Å². The summed E-state index contributed by atoms with van der Waals surface area (Å²) < 4.78 is 5.39. The number of aliphatic hydroxyl groups excluding tert-OH is 1. The van der Waals surface area contributed by atoms with Crippen LogP contribution in [0, 0.1) is 5.92 Å². The van der Waals surface area contributed by atoms with Gasteiger partial charge in [0, 0.05) is 7.11 Å². The van der Waals surface area contributed by atoms with Crippen LogP contribution in [0.25, 0.3) is 10.8 Å².